The summed E-state index contributed by atoms with van der Waals surface area (Å²) in [5, 5.41) is 3.30. The molecule has 0 aromatic rings. The van der Waals surface area contributed by atoms with Crippen molar-refractivity contribution in [2.75, 3.05) is 13.7 Å². The smallest absolute Gasteiger partial charge is 0.307 e. The van der Waals surface area contributed by atoms with Crippen molar-refractivity contribution in [1.82, 2.24) is 5.32 Å². The van der Waals surface area contributed by atoms with Gasteiger partial charge in [0.2, 0.25) is 0 Å². The number of methoxy groups -OCH3 is 1. The van der Waals surface area contributed by atoms with Crippen LogP contribution in [0.3, 0.4) is 0 Å². The van der Waals surface area contributed by atoms with Gasteiger partial charge in [-0.05, 0) is 12.5 Å². The lowest BCUT2D eigenvalue weighted by atomic mass is 9.96. The van der Waals surface area contributed by atoms with Crippen LogP contribution in [0.15, 0.2) is 0 Å². The van der Waals surface area contributed by atoms with Crippen molar-refractivity contribution in [2.24, 2.45) is 5.92 Å². The minimum Gasteiger partial charge on any atom is -0.469 e. The molecule has 0 aliphatic carbocycles. The first-order valence-corrected chi connectivity index (χ1v) is 4.95. The second-order valence-corrected chi connectivity index (χ2v) is 3.33. The molecule has 3 nitrogen and oxygen atoms in total. The Morgan fingerprint density at radius 3 is 2.46 bits per heavy atom. The standard InChI is InChI=1S/C10H21NO2/c1-5-8(3)9(11-6-2)7-10(12)13-4/h8-9,11H,5-7H2,1-4H3. The summed E-state index contributed by atoms with van der Waals surface area (Å²) in [5.41, 5.74) is 0. The molecule has 0 amide bonds. The first-order chi connectivity index (χ1) is 6.15. The van der Waals surface area contributed by atoms with E-state index in [9.17, 15) is 4.79 Å². The fourth-order valence-electron chi connectivity index (χ4n) is 1.28. The van der Waals surface area contributed by atoms with Crippen LogP contribution in [0.1, 0.15) is 33.6 Å². The second-order valence-electron chi connectivity index (χ2n) is 3.33. The van der Waals surface area contributed by atoms with E-state index >= 15 is 0 Å². The predicted octanol–water partition coefficient (Wildman–Crippen LogP) is 1.57. The number of hydrogen-bond donors (Lipinski definition) is 1. The maximum atomic E-state index is 11.1. The van der Waals surface area contributed by atoms with E-state index in [0.717, 1.165) is 13.0 Å². The van der Waals surface area contributed by atoms with Crippen molar-refractivity contribution in [3.63, 3.8) is 0 Å². The van der Waals surface area contributed by atoms with Crippen LogP contribution >= 0.6 is 0 Å². The van der Waals surface area contributed by atoms with Gasteiger partial charge in [0.25, 0.3) is 0 Å². The molecule has 2 unspecified atom stereocenters. The lowest BCUT2D eigenvalue weighted by Crippen LogP contribution is -2.36. The Labute approximate surface area is 80.8 Å². The first kappa shape index (κ1) is 12.4. The van der Waals surface area contributed by atoms with E-state index in [2.05, 4.69) is 23.9 Å². The molecule has 0 radical (unpaired) electrons. The molecule has 0 aromatic heterocycles. The Balaban J connectivity index is 4.00. The molecule has 0 aromatic carbocycles. The summed E-state index contributed by atoms with van der Waals surface area (Å²) in [6.07, 6.45) is 1.55. The number of hydrogen-bond acceptors (Lipinski definition) is 3. The molecule has 0 fully saturated rings. The molecular formula is C10H21NO2. The van der Waals surface area contributed by atoms with E-state index in [1.807, 2.05) is 6.92 Å². The van der Waals surface area contributed by atoms with Crippen molar-refractivity contribution < 1.29 is 9.53 Å². The average Bonchev–Trinajstić information content (AvgIpc) is 2.15. The third kappa shape index (κ3) is 4.88. The van der Waals surface area contributed by atoms with Crippen LogP contribution in [0, 0.1) is 5.92 Å². The van der Waals surface area contributed by atoms with Gasteiger partial charge in [-0.2, -0.15) is 0 Å². The molecule has 0 bridgehead atoms. The molecule has 0 rings (SSSR count). The summed E-state index contributed by atoms with van der Waals surface area (Å²) in [6.45, 7) is 7.22. The molecule has 3 heteroatoms. The maximum Gasteiger partial charge on any atom is 0.307 e. The zero-order valence-electron chi connectivity index (χ0n) is 9.09. The Bertz CT molecular complexity index is 148. The van der Waals surface area contributed by atoms with E-state index in [4.69, 9.17) is 0 Å². The fraction of sp³-hybridized carbons (Fsp3) is 0.900. The number of carbonyl (C=O) groups excluding carboxylic acids is 1. The van der Waals surface area contributed by atoms with Gasteiger partial charge in [-0.15, -0.1) is 0 Å². The van der Waals surface area contributed by atoms with Gasteiger partial charge in [0.15, 0.2) is 0 Å². The number of carbonyl (C=O) groups is 1. The highest BCUT2D eigenvalue weighted by molar-refractivity contribution is 5.69. The van der Waals surface area contributed by atoms with Crippen LogP contribution < -0.4 is 5.32 Å². The van der Waals surface area contributed by atoms with Gasteiger partial charge in [0.05, 0.1) is 13.5 Å². The van der Waals surface area contributed by atoms with Crippen LogP contribution in [0.4, 0.5) is 0 Å². The molecule has 0 spiro atoms. The number of nitrogens with one attached hydrogen (secondary N) is 1. The Hall–Kier alpha value is -0.570. The number of ether oxygens (including phenoxy) is 1. The van der Waals surface area contributed by atoms with E-state index in [1.54, 1.807) is 0 Å². The first-order valence-electron chi connectivity index (χ1n) is 4.95. The summed E-state index contributed by atoms with van der Waals surface area (Å²) < 4.78 is 4.64. The number of rotatable bonds is 6. The fourth-order valence-corrected chi connectivity index (χ4v) is 1.28. The van der Waals surface area contributed by atoms with Crippen LogP contribution in [0.2, 0.25) is 0 Å². The molecule has 78 valence electrons. The summed E-state index contributed by atoms with van der Waals surface area (Å²) >= 11 is 0. The van der Waals surface area contributed by atoms with Crippen LogP contribution in [0.5, 0.6) is 0 Å². The van der Waals surface area contributed by atoms with Crippen molar-refractivity contribution in [2.45, 2.75) is 39.7 Å². The molecule has 0 aliphatic rings. The molecule has 2 atom stereocenters. The monoisotopic (exact) mass is 187 g/mol. The highest BCUT2D eigenvalue weighted by Gasteiger charge is 2.18. The van der Waals surface area contributed by atoms with Crippen LogP contribution in [0.25, 0.3) is 0 Å². The predicted molar refractivity (Wildman–Crippen MR) is 53.6 cm³/mol. The summed E-state index contributed by atoms with van der Waals surface area (Å²) in [5.74, 6) is 0.380. The minimum atomic E-state index is -0.133. The van der Waals surface area contributed by atoms with Crippen molar-refractivity contribution in [3.05, 3.63) is 0 Å². The topological polar surface area (TPSA) is 38.3 Å². The Morgan fingerprint density at radius 2 is 2.08 bits per heavy atom. The second kappa shape index (κ2) is 6.89. The zero-order valence-corrected chi connectivity index (χ0v) is 9.09. The van der Waals surface area contributed by atoms with Gasteiger partial charge in [-0.25, -0.2) is 0 Å². The summed E-state index contributed by atoms with van der Waals surface area (Å²) in [7, 11) is 1.43. The number of esters is 1. The van der Waals surface area contributed by atoms with E-state index in [-0.39, 0.29) is 12.0 Å². The van der Waals surface area contributed by atoms with E-state index in [0.29, 0.717) is 12.3 Å². The lowest BCUT2D eigenvalue weighted by molar-refractivity contribution is -0.141. The van der Waals surface area contributed by atoms with E-state index in [1.165, 1.54) is 7.11 Å². The molecule has 0 aliphatic heterocycles. The van der Waals surface area contributed by atoms with Gasteiger partial charge >= 0.3 is 5.97 Å². The molecule has 1 N–H and O–H groups in total. The lowest BCUT2D eigenvalue weighted by Gasteiger charge is -2.22. The largest absolute Gasteiger partial charge is 0.469 e. The van der Waals surface area contributed by atoms with Gasteiger partial charge < -0.3 is 10.1 Å². The molecule has 0 saturated carbocycles. The van der Waals surface area contributed by atoms with Gasteiger partial charge in [-0.1, -0.05) is 27.2 Å². The highest BCUT2D eigenvalue weighted by atomic mass is 16.5. The minimum absolute atomic E-state index is 0.133. The highest BCUT2D eigenvalue weighted by Crippen LogP contribution is 2.11. The van der Waals surface area contributed by atoms with E-state index < -0.39 is 0 Å². The van der Waals surface area contributed by atoms with Gasteiger partial charge in [0, 0.05) is 6.04 Å². The van der Waals surface area contributed by atoms with Crippen molar-refractivity contribution >= 4 is 5.97 Å². The maximum absolute atomic E-state index is 11.1. The quantitative estimate of drug-likeness (QED) is 0.641. The van der Waals surface area contributed by atoms with Crippen molar-refractivity contribution in [1.29, 1.82) is 0 Å². The molecular weight excluding hydrogens is 166 g/mol. The Morgan fingerprint density at radius 1 is 1.46 bits per heavy atom. The third-order valence-electron chi connectivity index (χ3n) is 2.41. The molecule has 0 heterocycles. The van der Waals surface area contributed by atoms with Crippen molar-refractivity contribution in [3.8, 4) is 0 Å². The normalized spacial score (nSPS) is 15.1. The SMILES string of the molecule is CCNC(CC(=O)OC)C(C)CC. The van der Waals surface area contributed by atoms with Gasteiger partial charge in [0.1, 0.15) is 0 Å². The zero-order chi connectivity index (χ0) is 10.3. The summed E-state index contributed by atoms with van der Waals surface area (Å²) in [4.78, 5) is 11.1. The summed E-state index contributed by atoms with van der Waals surface area (Å²) in [6, 6.07) is 0.252. The van der Waals surface area contributed by atoms with Crippen LogP contribution in [-0.2, 0) is 9.53 Å². The molecule has 13 heavy (non-hydrogen) atoms. The third-order valence-corrected chi connectivity index (χ3v) is 2.41. The van der Waals surface area contributed by atoms with Gasteiger partial charge in [-0.3, -0.25) is 4.79 Å². The Kier molecular flexibility index (Phi) is 6.59. The molecule has 0 saturated heterocycles. The average molecular weight is 187 g/mol. The van der Waals surface area contributed by atoms with Crippen LogP contribution in [-0.4, -0.2) is 25.7 Å².